The number of allylic oxidation sites excluding steroid dienone is 10. The quantitative estimate of drug-likeness (QED) is 0.0190. The minimum absolute atomic E-state index is 0.0880. The van der Waals surface area contributed by atoms with Crippen molar-refractivity contribution in [1.29, 1.82) is 0 Å². The summed E-state index contributed by atoms with van der Waals surface area (Å²) in [7, 11) is 0. The van der Waals surface area contributed by atoms with E-state index in [1.165, 1.54) is 51.4 Å². The molecule has 2 aliphatic heterocycles. The predicted octanol–water partition coefficient (Wildman–Crippen LogP) is 6.88. The standard InChI is InChI=1S/C52H88O15/c1-3-5-7-9-11-13-15-17-19-20-21-23-25-27-29-31-33-35-44(55)65-40(37-62-43(54)34-32-30-28-26-24-22-18-16-14-12-10-8-6-4-2)38-63-51-50(61)48(59)46(57)42(67-51)39-64-52-49(60)47(58)45(56)41(36-53)66-52/h10,12,16-19,21,23,27,29,40-42,45-53,56-61H,3-9,11,13-15,20,22,24-26,28,30-39H2,1-2H3/b12-10+,18-16+,19-17+,23-21+,29-27+/t40-,41+,42+,45-,46-,47?,48?,49?,50?,51+,52+/m1/s1. The lowest BCUT2D eigenvalue weighted by Gasteiger charge is -2.42. The Hall–Kier alpha value is -2.80. The highest BCUT2D eigenvalue weighted by atomic mass is 16.7. The maximum absolute atomic E-state index is 13.0. The smallest absolute Gasteiger partial charge is 0.306 e. The van der Waals surface area contributed by atoms with Crippen molar-refractivity contribution in [1.82, 2.24) is 0 Å². The van der Waals surface area contributed by atoms with E-state index in [1.807, 2.05) is 12.2 Å². The van der Waals surface area contributed by atoms with E-state index in [9.17, 15) is 45.3 Å². The van der Waals surface area contributed by atoms with Crippen LogP contribution in [0.1, 0.15) is 162 Å². The number of unbranched alkanes of at least 4 members (excludes halogenated alkanes) is 14. The van der Waals surface area contributed by atoms with Crippen LogP contribution in [0.2, 0.25) is 0 Å². The van der Waals surface area contributed by atoms with Gasteiger partial charge in [-0.15, -0.1) is 0 Å². The number of ether oxygens (including phenoxy) is 6. The second-order valence-electron chi connectivity index (χ2n) is 17.6. The van der Waals surface area contributed by atoms with Gasteiger partial charge in [-0.2, -0.15) is 0 Å². The van der Waals surface area contributed by atoms with Crippen molar-refractivity contribution < 1.29 is 73.8 Å². The van der Waals surface area contributed by atoms with Crippen LogP contribution in [0.5, 0.6) is 0 Å². The van der Waals surface area contributed by atoms with Gasteiger partial charge in [0.2, 0.25) is 0 Å². The van der Waals surface area contributed by atoms with Gasteiger partial charge in [0.25, 0.3) is 0 Å². The molecule has 11 atom stereocenters. The SMILES string of the molecule is CCCC/C=C/C/C=C/CCCCCCCC(=O)OC[C@H](CO[C@H]1O[C@@H](CO[C@H]2O[C@@H](CO)[C@@H](O)C(O)C2O)[C@@H](O)C(O)C1O)OC(=O)CCC/C=C/C/C=C/C/C=C/CCCCCCCC. The van der Waals surface area contributed by atoms with Crippen molar-refractivity contribution in [3.63, 3.8) is 0 Å². The van der Waals surface area contributed by atoms with Gasteiger partial charge in [0.05, 0.1) is 19.8 Å². The number of aliphatic hydroxyl groups is 7. The molecule has 0 spiro atoms. The lowest BCUT2D eigenvalue weighted by molar-refractivity contribution is -0.332. The van der Waals surface area contributed by atoms with Crippen LogP contribution in [0, 0.1) is 0 Å². The first kappa shape index (κ1) is 60.3. The summed E-state index contributed by atoms with van der Waals surface area (Å²) in [6.07, 6.45) is 26.8. The Morgan fingerprint density at radius 3 is 1.49 bits per heavy atom. The van der Waals surface area contributed by atoms with Crippen LogP contribution in [0.15, 0.2) is 60.8 Å². The molecule has 0 aromatic heterocycles. The third-order valence-electron chi connectivity index (χ3n) is 11.7. The molecule has 0 radical (unpaired) electrons. The van der Waals surface area contributed by atoms with E-state index in [4.69, 9.17) is 28.4 Å². The summed E-state index contributed by atoms with van der Waals surface area (Å²) in [6.45, 7) is 2.46. The molecule has 2 rings (SSSR count). The lowest BCUT2D eigenvalue weighted by Crippen LogP contribution is -2.61. The van der Waals surface area contributed by atoms with Crippen molar-refractivity contribution >= 4 is 11.9 Å². The van der Waals surface area contributed by atoms with Crippen LogP contribution in [0.3, 0.4) is 0 Å². The summed E-state index contributed by atoms with van der Waals surface area (Å²) in [5, 5.41) is 72.0. The predicted molar refractivity (Wildman–Crippen MR) is 256 cm³/mol. The Morgan fingerprint density at radius 2 is 0.925 bits per heavy atom. The minimum Gasteiger partial charge on any atom is -0.462 e. The summed E-state index contributed by atoms with van der Waals surface area (Å²) in [5.74, 6) is -1.01. The zero-order valence-corrected chi connectivity index (χ0v) is 40.6. The zero-order chi connectivity index (χ0) is 48.9. The van der Waals surface area contributed by atoms with Gasteiger partial charge in [0.1, 0.15) is 55.4 Å². The number of esters is 2. The fourth-order valence-corrected chi connectivity index (χ4v) is 7.48. The Morgan fingerprint density at radius 1 is 0.478 bits per heavy atom. The molecule has 2 fully saturated rings. The highest BCUT2D eigenvalue weighted by Gasteiger charge is 2.47. The number of rotatable bonds is 38. The Bertz CT molecular complexity index is 1400. The van der Waals surface area contributed by atoms with Gasteiger partial charge in [-0.05, 0) is 70.6 Å². The zero-order valence-electron chi connectivity index (χ0n) is 40.6. The van der Waals surface area contributed by atoms with Gasteiger partial charge in [0.15, 0.2) is 18.7 Å². The van der Waals surface area contributed by atoms with E-state index in [2.05, 4.69) is 62.5 Å². The molecule has 7 N–H and O–H groups in total. The molecule has 67 heavy (non-hydrogen) atoms. The number of aliphatic hydroxyl groups excluding tert-OH is 7. The van der Waals surface area contributed by atoms with Gasteiger partial charge >= 0.3 is 11.9 Å². The van der Waals surface area contributed by atoms with E-state index >= 15 is 0 Å². The van der Waals surface area contributed by atoms with Gasteiger partial charge in [-0.3, -0.25) is 9.59 Å². The van der Waals surface area contributed by atoms with Crippen molar-refractivity contribution in [3.05, 3.63) is 60.8 Å². The second kappa shape index (κ2) is 39.0. The molecule has 2 heterocycles. The Kier molecular flexibility index (Phi) is 35.1. The molecule has 0 aromatic rings. The van der Waals surface area contributed by atoms with E-state index in [0.29, 0.717) is 19.3 Å². The van der Waals surface area contributed by atoms with Crippen LogP contribution in [0.25, 0.3) is 0 Å². The monoisotopic (exact) mass is 953 g/mol. The molecule has 0 saturated carbocycles. The summed E-state index contributed by atoms with van der Waals surface area (Å²) in [6, 6.07) is 0. The summed E-state index contributed by atoms with van der Waals surface area (Å²) < 4.78 is 33.5. The van der Waals surface area contributed by atoms with E-state index < -0.39 is 99.3 Å². The first-order valence-corrected chi connectivity index (χ1v) is 25.4. The van der Waals surface area contributed by atoms with Crippen LogP contribution < -0.4 is 0 Å². The van der Waals surface area contributed by atoms with Gasteiger partial charge < -0.3 is 64.2 Å². The number of hydrogen-bond acceptors (Lipinski definition) is 15. The average Bonchev–Trinajstić information content (AvgIpc) is 3.32. The number of carbonyl (C=O) groups excluding carboxylic acids is 2. The highest BCUT2D eigenvalue weighted by Crippen LogP contribution is 2.26. The molecule has 4 unspecified atom stereocenters. The normalized spacial score (nSPS) is 26.5. The van der Waals surface area contributed by atoms with Crippen LogP contribution in [-0.4, -0.2) is 142 Å². The molecular formula is C52H88O15. The van der Waals surface area contributed by atoms with Gasteiger partial charge in [-0.25, -0.2) is 0 Å². The molecule has 0 aromatic carbocycles. The third-order valence-corrected chi connectivity index (χ3v) is 11.7. The fraction of sp³-hybridized carbons (Fsp3) is 0.769. The summed E-state index contributed by atoms with van der Waals surface area (Å²) in [4.78, 5) is 25.7. The number of carbonyl (C=O) groups is 2. The van der Waals surface area contributed by atoms with E-state index in [1.54, 1.807) is 0 Å². The van der Waals surface area contributed by atoms with Gasteiger partial charge in [0, 0.05) is 12.8 Å². The first-order valence-electron chi connectivity index (χ1n) is 25.4. The molecule has 0 amide bonds. The topological polar surface area (TPSA) is 231 Å². The summed E-state index contributed by atoms with van der Waals surface area (Å²) >= 11 is 0. The van der Waals surface area contributed by atoms with Crippen LogP contribution >= 0.6 is 0 Å². The van der Waals surface area contributed by atoms with Gasteiger partial charge in [-0.1, -0.05) is 139 Å². The summed E-state index contributed by atoms with van der Waals surface area (Å²) in [5.41, 5.74) is 0. The first-order chi connectivity index (χ1) is 32.5. The van der Waals surface area contributed by atoms with Crippen LogP contribution in [-0.2, 0) is 38.0 Å². The van der Waals surface area contributed by atoms with Crippen molar-refractivity contribution in [2.75, 3.05) is 26.4 Å². The van der Waals surface area contributed by atoms with Crippen molar-refractivity contribution in [3.8, 4) is 0 Å². The minimum atomic E-state index is -1.78. The molecule has 15 nitrogen and oxygen atoms in total. The molecule has 2 saturated heterocycles. The number of hydrogen-bond donors (Lipinski definition) is 7. The molecule has 2 aliphatic rings. The van der Waals surface area contributed by atoms with E-state index in [0.717, 1.165) is 64.2 Å². The Balaban J connectivity index is 1.85. The molecule has 0 aliphatic carbocycles. The molecule has 386 valence electrons. The molecule has 15 heteroatoms. The van der Waals surface area contributed by atoms with Crippen molar-refractivity contribution in [2.45, 2.75) is 229 Å². The maximum atomic E-state index is 13.0. The molecule has 0 bridgehead atoms. The fourth-order valence-electron chi connectivity index (χ4n) is 7.48. The Labute approximate surface area is 400 Å². The largest absolute Gasteiger partial charge is 0.462 e. The molecular weight excluding hydrogens is 865 g/mol. The van der Waals surface area contributed by atoms with Crippen LogP contribution in [0.4, 0.5) is 0 Å². The third kappa shape index (κ3) is 27.3. The second-order valence-corrected chi connectivity index (χ2v) is 17.6. The average molecular weight is 953 g/mol. The maximum Gasteiger partial charge on any atom is 0.306 e. The van der Waals surface area contributed by atoms with E-state index in [-0.39, 0.29) is 19.4 Å². The van der Waals surface area contributed by atoms with Crippen molar-refractivity contribution in [2.24, 2.45) is 0 Å². The lowest BCUT2D eigenvalue weighted by atomic mass is 9.98. The highest BCUT2D eigenvalue weighted by molar-refractivity contribution is 5.70.